The Balaban J connectivity index is 0.000000111. The van der Waals surface area contributed by atoms with Crippen molar-refractivity contribution in [3.05, 3.63) is 43.5 Å². The smallest absolute Gasteiger partial charge is 0.266 e. The predicted octanol–water partition coefficient (Wildman–Crippen LogP) is 1.84. The third-order valence-electron chi connectivity index (χ3n) is 2.09. The summed E-state index contributed by atoms with van der Waals surface area (Å²) in [6.07, 6.45) is 7.52. The van der Waals surface area contributed by atoms with Gasteiger partial charge in [-0.2, -0.15) is 4.98 Å². The van der Waals surface area contributed by atoms with Crippen LogP contribution in [0.25, 0.3) is 22.6 Å². The molecule has 0 aliphatic rings. The van der Waals surface area contributed by atoms with Gasteiger partial charge in [-0.05, 0) is 12.1 Å². The van der Waals surface area contributed by atoms with E-state index in [1.165, 1.54) is 12.8 Å². The fraction of sp³-hybridized carbons (Fsp3) is 0. The number of nitrogens with zero attached hydrogens (tertiary/aromatic N) is 5. The Kier molecular flexibility index (Phi) is 2.63. The Hall–Kier alpha value is -2.83. The Labute approximate surface area is 101 Å². The van der Waals surface area contributed by atoms with E-state index in [1.807, 2.05) is 12.1 Å². The summed E-state index contributed by atoms with van der Waals surface area (Å²) < 4.78 is 9.73. The molecule has 88 valence electrons. The summed E-state index contributed by atoms with van der Waals surface area (Å²) in [6.45, 7) is 0. The van der Waals surface area contributed by atoms with Gasteiger partial charge in [-0.1, -0.05) is 0 Å². The first-order valence-electron chi connectivity index (χ1n) is 5.08. The van der Waals surface area contributed by atoms with Crippen LogP contribution in [-0.4, -0.2) is 24.9 Å². The van der Waals surface area contributed by atoms with Gasteiger partial charge in [0, 0.05) is 18.6 Å². The van der Waals surface area contributed by atoms with Crippen LogP contribution in [-0.2, 0) is 0 Å². The van der Waals surface area contributed by atoms with Gasteiger partial charge >= 0.3 is 0 Å². The van der Waals surface area contributed by atoms with Crippen LogP contribution in [0.5, 0.6) is 0 Å². The van der Waals surface area contributed by atoms with Crippen LogP contribution in [0.1, 0.15) is 0 Å². The van der Waals surface area contributed by atoms with E-state index in [9.17, 15) is 0 Å². The molecule has 0 aromatic carbocycles. The maximum atomic E-state index is 4.90. The van der Waals surface area contributed by atoms with Crippen molar-refractivity contribution in [2.75, 3.05) is 0 Å². The Bertz CT molecular complexity index is 637. The highest BCUT2D eigenvalue weighted by Crippen LogP contribution is 2.05. The lowest BCUT2D eigenvalue weighted by molar-refractivity contribution is 0.590. The maximum Gasteiger partial charge on any atom is 0.266 e. The summed E-state index contributed by atoms with van der Waals surface area (Å²) in [4.78, 5) is 19.3. The molecule has 0 saturated heterocycles. The predicted molar refractivity (Wildman–Crippen MR) is 61.4 cm³/mol. The minimum Gasteiger partial charge on any atom is -0.425 e. The highest BCUT2D eigenvalue weighted by atomic mass is 16.3. The number of hydrogen-bond donors (Lipinski definition) is 0. The second kappa shape index (κ2) is 4.58. The zero-order valence-corrected chi connectivity index (χ0v) is 9.09. The molecule has 0 atom stereocenters. The molecule has 4 rings (SSSR count). The number of oxazole rings is 2. The minimum absolute atomic E-state index is 0.484. The molecular weight excluding hydrogens is 234 g/mol. The van der Waals surface area contributed by atoms with Crippen LogP contribution in [0.15, 0.2) is 52.3 Å². The first-order valence-corrected chi connectivity index (χ1v) is 5.08. The molecule has 0 radical (unpaired) electrons. The van der Waals surface area contributed by atoms with Crippen LogP contribution < -0.4 is 0 Å². The van der Waals surface area contributed by atoms with E-state index < -0.39 is 0 Å². The molecule has 0 aliphatic carbocycles. The van der Waals surface area contributed by atoms with E-state index in [2.05, 4.69) is 24.9 Å². The normalized spacial score (nSPS) is 10.2. The van der Waals surface area contributed by atoms with Gasteiger partial charge < -0.3 is 8.83 Å². The van der Waals surface area contributed by atoms with Crippen LogP contribution in [0.3, 0.4) is 0 Å². The summed E-state index contributed by atoms with van der Waals surface area (Å²) in [6, 6.07) is 3.68. The van der Waals surface area contributed by atoms with Crippen LogP contribution in [0.2, 0.25) is 0 Å². The molecule has 0 spiro atoms. The Morgan fingerprint density at radius 3 is 2.39 bits per heavy atom. The second-order valence-corrected chi connectivity index (χ2v) is 3.22. The van der Waals surface area contributed by atoms with Gasteiger partial charge in [0.2, 0.25) is 11.4 Å². The summed E-state index contributed by atoms with van der Waals surface area (Å²) in [5, 5.41) is 0. The molecule has 0 amide bonds. The summed E-state index contributed by atoms with van der Waals surface area (Å²) >= 11 is 0. The van der Waals surface area contributed by atoms with Crippen molar-refractivity contribution < 1.29 is 8.83 Å². The van der Waals surface area contributed by atoms with Crippen LogP contribution in [0, 0.1) is 0 Å². The molecule has 7 nitrogen and oxygen atoms in total. The SMILES string of the molecule is c1cnc2ocnc2c1.c1cnc2ocnc2n1. The largest absolute Gasteiger partial charge is 0.425 e. The van der Waals surface area contributed by atoms with E-state index in [0.29, 0.717) is 17.1 Å². The van der Waals surface area contributed by atoms with E-state index in [4.69, 9.17) is 8.83 Å². The number of aromatic nitrogens is 5. The van der Waals surface area contributed by atoms with E-state index >= 15 is 0 Å². The fourth-order valence-electron chi connectivity index (χ4n) is 1.32. The molecule has 7 heteroatoms. The summed E-state index contributed by atoms with van der Waals surface area (Å²) in [5.74, 6) is 0. The Morgan fingerprint density at radius 1 is 0.722 bits per heavy atom. The first-order chi connectivity index (χ1) is 8.93. The molecule has 0 fully saturated rings. The van der Waals surface area contributed by atoms with E-state index in [-0.39, 0.29) is 0 Å². The molecule has 0 N–H and O–H groups in total. The van der Waals surface area contributed by atoms with Crippen molar-refractivity contribution in [3.63, 3.8) is 0 Å². The number of hydrogen-bond acceptors (Lipinski definition) is 7. The lowest BCUT2D eigenvalue weighted by Gasteiger charge is -1.78. The molecule has 4 aromatic rings. The first kappa shape index (κ1) is 10.3. The Morgan fingerprint density at radius 2 is 1.50 bits per heavy atom. The lowest BCUT2D eigenvalue weighted by atomic mass is 10.5. The molecular formula is C11H7N5O2. The second-order valence-electron chi connectivity index (χ2n) is 3.22. The van der Waals surface area contributed by atoms with E-state index in [0.717, 1.165) is 5.52 Å². The zero-order valence-electron chi connectivity index (χ0n) is 9.09. The topological polar surface area (TPSA) is 90.7 Å². The average Bonchev–Trinajstić information content (AvgIpc) is 3.08. The number of rotatable bonds is 0. The monoisotopic (exact) mass is 241 g/mol. The van der Waals surface area contributed by atoms with Crippen molar-refractivity contribution in [1.82, 2.24) is 24.9 Å². The van der Waals surface area contributed by atoms with Crippen molar-refractivity contribution in [3.8, 4) is 0 Å². The molecule has 18 heavy (non-hydrogen) atoms. The van der Waals surface area contributed by atoms with Gasteiger partial charge in [-0.15, -0.1) is 0 Å². The van der Waals surface area contributed by atoms with Crippen molar-refractivity contribution in [2.45, 2.75) is 0 Å². The quantitative estimate of drug-likeness (QED) is 0.463. The van der Waals surface area contributed by atoms with Gasteiger partial charge in [0.1, 0.15) is 5.52 Å². The average molecular weight is 241 g/mol. The van der Waals surface area contributed by atoms with Crippen LogP contribution >= 0.6 is 0 Å². The van der Waals surface area contributed by atoms with Gasteiger partial charge in [0.15, 0.2) is 12.8 Å². The molecule has 0 saturated carbocycles. The zero-order chi connectivity index (χ0) is 12.2. The van der Waals surface area contributed by atoms with Gasteiger partial charge in [0.25, 0.3) is 5.71 Å². The highest BCUT2D eigenvalue weighted by molar-refractivity contribution is 5.66. The lowest BCUT2D eigenvalue weighted by Crippen LogP contribution is -1.75. The van der Waals surface area contributed by atoms with Crippen molar-refractivity contribution in [2.24, 2.45) is 0 Å². The molecule has 4 aromatic heterocycles. The molecule has 0 unspecified atom stereocenters. The van der Waals surface area contributed by atoms with Crippen LogP contribution in [0.4, 0.5) is 0 Å². The van der Waals surface area contributed by atoms with Crippen molar-refractivity contribution >= 4 is 22.6 Å². The third-order valence-corrected chi connectivity index (χ3v) is 2.09. The maximum absolute atomic E-state index is 4.90. The minimum atomic E-state index is 0.484. The van der Waals surface area contributed by atoms with Gasteiger partial charge in [-0.3, -0.25) is 0 Å². The number of fused-ring (bicyclic) bond motifs is 2. The molecule has 0 bridgehead atoms. The number of pyridine rings is 1. The van der Waals surface area contributed by atoms with E-state index in [1.54, 1.807) is 18.6 Å². The fourth-order valence-corrected chi connectivity index (χ4v) is 1.32. The molecule has 4 heterocycles. The highest BCUT2D eigenvalue weighted by Gasteiger charge is 1.95. The summed E-state index contributed by atoms with van der Waals surface area (Å²) in [7, 11) is 0. The van der Waals surface area contributed by atoms with Gasteiger partial charge in [0.05, 0.1) is 0 Å². The standard InChI is InChI=1S/C6H4N2O.C5H3N3O/c1-2-5-6(7-3-1)9-4-8-5;1-2-7-5-4(6-1)8-3-9-5/h1-4H;1-3H. The van der Waals surface area contributed by atoms with Gasteiger partial charge in [-0.25, -0.2) is 19.9 Å². The summed E-state index contributed by atoms with van der Waals surface area (Å²) in [5.41, 5.74) is 2.44. The molecule has 0 aliphatic heterocycles. The van der Waals surface area contributed by atoms with Crippen molar-refractivity contribution in [1.29, 1.82) is 0 Å². The third kappa shape index (κ3) is 2.01.